The summed E-state index contributed by atoms with van der Waals surface area (Å²) in [5.74, 6) is 0.167. The van der Waals surface area contributed by atoms with E-state index in [4.69, 9.17) is 4.74 Å². The van der Waals surface area contributed by atoms with Gasteiger partial charge in [-0.25, -0.2) is 4.79 Å². The molecule has 0 N–H and O–H groups in total. The normalized spacial score (nSPS) is 9.25. The van der Waals surface area contributed by atoms with Crippen LogP contribution in [0.5, 0.6) is 5.75 Å². The Hall–Kier alpha value is -2.02. The van der Waals surface area contributed by atoms with Crippen LogP contribution in [0, 0.1) is 10.1 Å². The molecule has 1 rings (SSSR count). The van der Waals surface area contributed by atoms with Gasteiger partial charge in [0, 0.05) is 17.5 Å². The Morgan fingerprint density at radius 2 is 2.06 bits per heavy atom. The molecule has 0 atom stereocenters. The molecule has 7 heteroatoms. The molecule has 0 saturated carbocycles. The monoisotopic (exact) mass is 241 g/mol. The summed E-state index contributed by atoms with van der Waals surface area (Å²) < 4.78 is 9.22. The van der Waals surface area contributed by atoms with Gasteiger partial charge in [-0.2, -0.15) is 0 Å². The molecule has 1 aromatic carbocycles. The van der Waals surface area contributed by atoms with Gasteiger partial charge in [-0.05, 0) is 12.1 Å². The van der Waals surface area contributed by atoms with Crippen molar-refractivity contribution < 1.29 is 19.2 Å². The third-order valence-electron chi connectivity index (χ3n) is 1.52. The summed E-state index contributed by atoms with van der Waals surface area (Å²) >= 11 is 4.45. The Morgan fingerprint density at radius 3 is 2.56 bits per heavy atom. The van der Waals surface area contributed by atoms with Crippen LogP contribution in [-0.2, 0) is 4.74 Å². The van der Waals surface area contributed by atoms with Crippen molar-refractivity contribution in [2.24, 2.45) is 0 Å². The van der Waals surface area contributed by atoms with Gasteiger partial charge in [0.15, 0.2) is 0 Å². The fourth-order valence-corrected chi connectivity index (χ4v) is 0.932. The maximum absolute atomic E-state index is 10.9. The summed E-state index contributed by atoms with van der Waals surface area (Å²) in [7, 11) is 0. The van der Waals surface area contributed by atoms with Gasteiger partial charge < -0.3 is 9.47 Å². The van der Waals surface area contributed by atoms with Gasteiger partial charge in [0.05, 0.1) is 4.92 Å². The SMILES string of the molecule is O=C(OCC=S)Oc1ccc([N+](=O)[O-])cc1. The number of carbonyl (C=O) groups excluding carboxylic acids is 1. The van der Waals surface area contributed by atoms with Crippen LogP contribution in [0.4, 0.5) is 10.5 Å². The number of nitro groups is 1. The highest BCUT2D eigenvalue weighted by molar-refractivity contribution is 7.79. The number of nitrogens with zero attached hydrogens (tertiary/aromatic N) is 1. The number of carbonyl (C=O) groups is 1. The third-order valence-corrected chi connectivity index (χ3v) is 1.65. The lowest BCUT2D eigenvalue weighted by Gasteiger charge is -2.02. The molecular weight excluding hydrogens is 234 g/mol. The highest BCUT2D eigenvalue weighted by Gasteiger charge is 2.08. The van der Waals surface area contributed by atoms with Gasteiger partial charge in [-0.3, -0.25) is 10.1 Å². The number of thiocarbonyl (C=S) groups is 1. The van der Waals surface area contributed by atoms with Crippen LogP contribution in [0.2, 0.25) is 0 Å². The first-order chi connectivity index (χ1) is 7.63. The molecule has 0 saturated heterocycles. The minimum absolute atomic E-state index is 0.0266. The second kappa shape index (κ2) is 5.76. The predicted octanol–water partition coefficient (Wildman–Crippen LogP) is 2.11. The van der Waals surface area contributed by atoms with Crippen molar-refractivity contribution in [3.8, 4) is 5.75 Å². The molecule has 0 amide bonds. The lowest BCUT2D eigenvalue weighted by Crippen LogP contribution is -2.11. The molecular formula is C9H7NO5S. The van der Waals surface area contributed by atoms with Gasteiger partial charge in [-0.15, -0.1) is 0 Å². The first-order valence-electron chi connectivity index (χ1n) is 4.16. The Morgan fingerprint density at radius 1 is 1.44 bits per heavy atom. The number of rotatable bonds is 4. The van der Waals surface area contributed by atoms with Crippen LogP contribution >= 0.6 is 12.2 Å². The zero-order chi connectivity index (χ0) is 12.0. The first-order valence-corrected chi connectivity index (χ1v) is 4.63. The molecule has 0 fully saturated rings. The second-order valence-electron chi connectivity index (χ2n) is 2.58. The van der Waals surface area contributed by atoms with Crippen LogP contribution in [0.3, 0.4) is 0 Å². The van der Waals surface area contributed by atoms with E-state index >= 15 is 0 Å². The standard InChI is InChI=1S/C9H7NO5S/c11-9(14-5-6-16)15-8-3-1-7(2-4-8)10(12)13/h1-4,6H,5H2. The van der Waals surface area contributed by atoms with Crippen LogP contribution in [0.1, 0.15) is 0 Å². The number of hydrogen-bond acceptors (Lipinski definition) is 6. The zero-order valence-corrected chi connectivity index (χ0v) is 8.81. The van der Waals surface area contributed by atoms with Crippen molar-refractivity contribution in [1.82, 2.24) is 0 Å². The van der Waals surface area contributed by atoms with Gasteiger partial charge in [0.25, 0.3) is 5.69 Å². The minimum atomic E-state index is -0.907. The predicted molar refractivity (Wildman–Crippen MR) is 58.7 cm³/mol. The van der Waals surface area contributed by atoms with E-state index in [1.165, 1.54) is 29.6 Å². The van der Waals surface area contributed by atoms with Crippen molar-refractivity contribution in [3.63, 3.8) is 0 Å². The number of ether oxygens (including phenoxy) is 2. The van der Waals surface area contributed by atoms with E-state index in [1.54, 1.807) is 0 Å². The van der Waals surface area contributed by atoms with E-state index in [-0.39, 0.29) is 18.0 Å². The zero-order valence-electron chi connectivity index (χ0n) is 7.99. The van der Waals surface area contributed by atoms with Crippen molar-refractivity contribution in [1.29, 1.82) is 0 Å². The number of nitro benzene ring substituents is 1. The number of hydrogen-bond donors (Lipinski definition) is 0. The first kappa shape index (κ1) is 12.1. The molecule has 0 aliphatic rings. The summed E-state index contributed by atoms with van der Waals surface area (Å²) in [6.07, 6.45) is -0.907. The van der Waals surface area contributed by atoms with E-state index in [0.717, 1.165) is 0 Å². The topological polar surface area (TPSA) is 78.7 Å². The van der Waals surface area contributed by atoms with Gasteiger partial charge in [-0.1, -0.05) is 12.2 Å². The van der Waals surface area contributed by atoms with E-state index < -0.39 is 11.1 Å². The van der Waals surface area contributed by atoms with Gasteiger partial charge in [0.1, 0.15) is 12.4 Å². The van der Waals surface area contributed by atoms with Gasteiger partial charge >= 0.3 is 6.16 Å². The highest BCUT2D eigenvalue weighted by Crippen LogP contribution is 2.17. The molecule has 0 aromatic heterocycles. The largest absolute Gasteiger partial charge is 0.514 e. The molecule has 0 spiro atoms. The van der Waals surface area contributed by atoms with E-state index in [2.05, 4.69) is 17.0 Å². The quantitative estimate of drug-likeness (QED) is 0.264. The van der Waals surface area contributed by atoms with Crippen molar-refractivity contribution in [2.45, 2.75) is 0 Å². The molecule has 0 radical (unpaired) electrons. The Bertz CT molecular complexity index is 403. The van der Waals surface area contributed by atoms with E-state index in [0.29, 0.717) is 0 Å². The molecule has 16 heavy (non-hydrogen) atoms. The fourth-order valence-electron chi connectivity index (χ4n) is 0.864. The van der Waals surface area contributed by atoms with Crippen LogP contribution in [-0.4, -0.2) is 23.1 Å². The number of benzene rings is 1. The van der Waals surface area contributed by atoms with Gasteiger partial charge in [0.2, 0.25) is 0 Å². The number of non-ortho nitro benzene ring substituents is 1. The summed E-state index contributed by atoms with van der Waals surface area (Å²) in [6.45, 7) is -0.0266. The Labute approximate surface area is 95.9 Å². The molecule has 0 aliphatic carbocycles. The van der Waals surface area contributed by atoms with Crippen molar-refractivity contribution in [3.05, 3.63) is 34.4 Å². The van der Waals surface area contributed by atoms with E-state index in [9.17, 15) is 14.9 Å². The lowest BCUT2D eigenvalue weighted by atomic mass is 10.3. The van der Waals surface area contributed by atoms with Crippen LogP contribution < -0.4 is 4.74 Å². The fraction of sp³-hybridized carbons (Fsp3) is 0.111. The molecule has 1 aromatic rings. The van der Waals surface area contributed by atoms with Crippen LogP contribution in [0.15, 0.2) is 24.3 Å². The van der Waals surface area contributed by atoms with E-state index in [1.807, 2.05) is 0 Å². The van der Waals surface area contributed by atoms with Crippen molar-refractivity contribution >= 4 is 29.4 Å². The minimum Gasteiger partial charge on any atom is -0.429 e. The Balaban J connectivity index is 2.58. The summed E-state index contributed by atoms with van der Waals surface area (Å²) in [5, 5.41) is 11.6. The molecule has 84 valence electrons. The van der Waals surface area contributed by atoms with Crippen LogP contribution in [0.25, 0.3) is 0 Å². The summed E-state index contributed by atoms with van der Waals surface area (Å²) in [6, 6.07) is 5.05. The molecule has 6 nitrogen and oxygen atoms in total. The maximum atomic E-state index is 10.9. The molecule has 0 bridgehead atoms. The smallest absolute Gasteiger partial charge is 0.429 e. The third kappa shape index (κ3) is 3.62. The molecule has 0 aliphatic heterocycles. The van der Waals surface area contributed by atoms with Crippen molar-refractivity contribution in [2.75, 3.05) is 6.61 Å². The maximum Gasteiger partial charge on any atom is 0.514 e. The molecule has 0 heterocycles. The summed E-state index contributed by atoms with van der Waals surface area (Å²) in [5.41, 5.74) is -0.0837. The Kier molecular flexibility index (Phi) is 4.34. The molecule has 0 unspecified atom stereocenters. The average molecular weight is 241 g/mol. The average Bonchev–Trinajstić information content (AvgIpc) is 2.27. The highest BCUT2D eigenvalue weighted by atomic mass is 32.1. The summed E-state index contributed by atoms with van der Waals surface area (Å²) in [4.78, 5) is 20.7. The second-order valence-corrected chi connectivity index (χ2v) is 2.91. The lowest BCUT2D eigenvalue weighted by molar-refractivity contribution is -0.384.